The van der Waals surface area contributed by atoms with Gasteiger partial charge < -0.3 is 14.7 Å². The summed E-state index contributed by atoms with van der Waals surface area (Å²) in [7, 11) is 0. The minimum atomic E-state index is -0.479. The fraction of sp³-hybridized carbons (Fsp3) is 0.200. The number of aromatic nitrogens is 1. The summed E-state index contributed by atoms with van der Waals surface area (Å²) < 4.78 is 5.63. The summed E-state index contributed by atoms with van der Waals surface area (Å²) in [6, 6.07) is 8.72. The number of benzene rings is 1. The molecule has 0 radical (unpaired) electrons. The zero-order chi connectivity index (χ0) is 16.4. The van der Waals surface area contributed by atoms with Gasteiger partial charge in [-0.3, -0.25) is 14.9 Å². The number of non-ortho nitro benzene ring substituents is 1. The highest BCUT2D eigenvalue weighted by atomic mass is 16.6. The van der Waals surface area contributed by atoms with E-state index in [4.69, 9.17) is 4.74 Å². The Bertz CT molecular complexity index is 741. The molecule has 0 saturated carbocycles. The van der Waals surface area contributed by atoms with E-state index in [0.717, 1.165) is 0 Å². The van der Waals surface area contributed by atoms with E-state index in [1.165, 1.54) is 41.4 Å². The number of amides is 1. The van der Waals surface area contributed by atoms with Crippen LogP contribution in [0.5, 0.6) is 11.5 Å². The van der Waals surface area contributed by atoms with E-state index < -0.39 is 4.92 Å². The van der Waals surface area contributed by atoms with Crippen LogP contribution in [0, 0.1) is 10.1 Å². The van der Waals surface area contributed by atoms with Crippen molar-refractivity contribution in [2.45, 2.75) is 6.10 Å². The van der Waals surface area contributed by atoms with Crippen molar-refractivity contribution in [1.29, 1.82) is 0 Å². The average Bonchev–Trinajstić information content (AvgIpc) is 2.51. The van der Waals surface area contributed by atoms with E-state index >= 15 is 0 Å². The van der Waals surface area contributed by atoms with Crippen LogP contribution >= 0.6 is 0 Å². The molecule has 1 saturated heterocycles. The number of carbonyl (C=O) groups is 1. The zero-order valence-electron chi connectivity index (χ0n) is 12.0. The Morgan fingerprint density at radius 2 is 2.00 bits per heavy atom. The maximum Gasteiger partial charge on any atom is 0.276 e. The van der Waals surface area contributed by atoms with Crippen molar-refractivity contribution in [3.8, 4) is 11.5 Å². The van der Waals surface area contributed by atoms with Gasteiger partial charge in [0.2, 0.25) is 0 Å². The van der Waals surface area contributed by atoms with Crippen molar-refractivity contribution in [2.75, 3.05) is 13.1 Å². The lowest BCUT2D eigenvalue weighted by Gasteiger charge is -2.38. The number of pyridine rings is 1. The molecule has 1 aliphatic rings. The number of carbonyl (C=O) groups excluding carboxylic acids is 1. The molecule has 1 aromatic heterocycles. The first-order chi connectivity index (χ1) is 11.0. The van der Waals surface area contributed by atoms with Crippen molar-refractivity contribution < 1.29 is 19.6 Å². The Morgan fingerprint density at radius 3 is 2.61 bits per heavy atom. The van der Waals surface area contributed by atoms with Gasteiger partial charge in [0, 0.05) is 18.3 Å². The van der Waals surface area contributed by atoms with Crippen LogP contribution in [0.4, 0.5) is 5.69 Å². The summed E-state index contributed by atoms with van der Waals surface area (Å²) in [4.78, 5) is 27.6. The largest absolute Gasteiger partial charge is 0.505 e. The average molecular weight is 315 g/mol. The van der Waals surface area contributed by atoms with Crippen LogP contribution in [-0.2, 0) is 0 Å². The summed E-state index contributed by atoms with van der Waals surface area (Å²) in [5.41, 5.74) is 0.00896. The van der Waals surface area contributed by atoms with Gasteiger partial charge in [0.1, 0.15) is 17.6 Å². The topological polar surface area (TPSA) is 106 Å². The van der Waals surface area contributed by atoms with Crippen molar-refractivity contribution in [1.82, 2.24) is 9.88 Å². The minimum Gasteiger partial charge on any atom is -0.505 e. The highest BCUT2D eigenvalue weighted by Gasteiger charge is 2.34. The Hall–Kier alpha value is -3.16. The van der Waals surface area contributed by atoms with Crippen LogP contribution in [0.15, 0.2) is 42.6 Å². The van der Waals surface area contributed by atoms with E-state index in [0.29, 0.717) is 18.8 Å². The van der Waals surface area contributed by atoms with E-state index in [2.05, 4.69) is 4.98 Å². The molecular weight excluding hydrogens is 302 g/mol. The predicted molar refractivity (Wildman–Crippen MR) is 79.3 cm³/mol. The second-order valence-corrected chi connectivity index (χ2v) is 5.07. The van der Waals surface area contributed by atoms with E-state index in [-0.39, 0.29) is 29.1 Å². The van der Waals surface area contributed by atoms with Gasteiger partial charge in [-0.1, -0.05) is 0 Å². The highest BCUT2D eigenvalue weighted by molar-refractivity contribution is 5.95. The first-order valence-corrected chi connectivity index (χ1v) is 6.89. The molecule has 1 aromatic carbocycles. The summed E-state index contributed by atoms with van der Waals surface area (Å²) in [5.74, 6) is -0.00253. The Morgan fingerprint density at radius 1 is 1.30 bits per heavy atom. The number of nitro benzene ring substituents is 1. The van der Waals surface area contributed by atoms with Gasteiger partial charge in [-0.2, -0.15) is 0 Å². The van der Waals surface area contributed by atoms with Gasteiger partial charge in [-0.05, 0) is 24.3 Å². The number of nitrogens with zero attached hydrogens (tertiary/aromatic N) is 3. The third-order valence-corrected chi connectivity index (χ3v) is 3.47. The molecule has 0 bridgehead atoms. The number of likely N-dealkylation sites (tertiary alicyclic amines) is 1. The molecule has 23 heavy (non-hydrogen) atoms. The summed E-state index contributed by atoms with van der Waals surface area (Å²) >= 11 is 0. The number of ether oxygens (including phenoxy) is 1. The Balaban J connectivity index is 1.56. The third kappa shape index (κ3) is 3.05. The Kier molecular flexibility index (Phi) is 3.80. The summed E-state index contributed by atoms with van der Waals surface area (Å²) in [6.07, 6.45) is 1.25. The molecule has 8 heteroatoms. The molecule has 1 amide bonds. The molecule has 8 nitrogen and oxygen atoms in total. The second kappa shape index (κ2) is 5.91. The lowest BCUT2D eigenvalue weighted by Crippen LogP contribution is -2.56. The van der Waals surface area contributed by atoms with Crippen molar-refractivity contribution >= 4 is 11.6 Å². The molecule has 0 unspecified atom stereocenters. The number of aromatic hydroxyl groups is 1. The van der Waals surface area contributed by atoms with E-state index in [9.17, 15) is 20.0 Å². The number of nitro groups is 1. The first kappa shape index (κ1) is 14.8. The molecule has 0 atom stereocenters. The van der Waals surface area contributed by atoms with Crippen molar-refractivity contribution in [2.24, 2.45) is 0 Å². The highest BCUT2D eigenvalue weighted by Crippen LogP contribution is 2.23. The van der Waals surface area contributed by atoms with Crippen LogP contribution in [0.3, 0.4) is 0 Å². The molecule has 0 aliphatic carbocycles. The van der Waals surface area contributed by atoms with Crippen LogP contribution in [0.25, 0.3) is 0 Å². The number of rotatable bonds is 4. The lowest BCUT2D eigenvalue weighted by atomic mass is 10.1. The predicted octanol–water partition coefficient (Wildman–Crippen LogP) is 1.60. The van der Waals surface area contributed by atoms with Crippen LogP contribution in [-0.4, -0.2) is 45.0 Å². The minimum absolute atomic E-state index is 0.00612. The van der Waals surface area contributed by atoms with Crippen LogP contribution in [0.2, 0.25) is 0 Å². The fourth-order valence-electron chi connectivity index (χ4n) is 2.23. The monoisotopic (exact) mass is 315 g/mol. The third-order valence-electron chi connectivity index (χ3n) is 3.47. The van der Waals surface area contributed by atoms with Gasteiger partial charge in [-0.25, -0.2) is 4.98 Å². The van der Waals surface area contributed by atoms with Crippen LogP contribution in [0.1, 0.15) is 10.5 Å². The Labute approximate surface area is 131 Å². The molecule has 1 N–H and O–H groups in total. The second-order valence-electron chi connectivity index (χ2n) is 5.07. The van der Waals surface area contributed by atoms with Crippen molar-refractivity contribution in [3.05, 3.63) is 58.4 Å². The number of hydrogen-bond donors (Lipinski definition) is 1. The lowest BCUT2D eigenvalue weighted by molar-refractivity contribution is -0.384. The van der Waals surface area contributed by atoms with Gasteiger partial charge in [0.05, 0.1) is 18.0 Å². The van der Waals surface area contributed by atoms with Gasteiger partial charge >= 0.3 is 0 Å². The SMILES string of the molecule is O=C(c1ncccc1O)N1CC(Oc2ccc([N+](=O)[O-])cc2)C1. The quantitative estimate of drug-likeness (QED) is 0.678. The van der Waals surface area contributed by atoms with Crippen LogP contribution < -0.4 is 4.74 Å². The normalized spacial score (nSPS) is 14.2. The maximum atomic E-state index is 12.1. The summed E-state index contributed by atoms with van der Waals surface area (Å²) in [5, 5.41) is 20.2. The molecular formula is C15H13N3O5. The maximum absolute atomic E-state index is 12.1. The van der Waals surface area contributed by atoms with Gasteiger partial charge in [0.15, 0.2) is 5.69 Å². The van der Waals surface area contributed by atoms with E-state index in [1.807, 2.05) is 0 Å². The molecule has 0 spiro atoms. The van der Waals surface area contributed by atoms with Gasteiger partial charge in [-0.15, -0.1) is 0 Å². The van der Waals surface area contributed by atoms with Gasteiger partial charge in [0.25, 0.3) is 11.6 Å². The first-order valence-electron chi connectivity index (χ1n) is 6.89. The molecule has 1 fully saturated rings. The number of hydrogen-bond acceptors (Lipinski definition) is 6. The molecule has 1 aliphatic heterocycles. The molecule has 118 valence electrons. The molecule has 2 heterocycles. The fourth-order valence-corrected chi connectivity index (χ4v) is 2.23. The smallest absolute Gasteiger partial charge is 0.276 e. The van der Waals surface area contributed by atoms with Crippen molar-refractivity contribution in [3.63, 3.8) is 0 Å². The zero-order valence-corrected chi connectivity index (χ0v) is 12.0. The van der Waals surface area contributed by atoms with E-state index in [1.54, 1.807) is 6.07 Å². The molecule has 2 aromatic rings. The standard InChI is InChI=1S/C15H13N3O5/c19-13-2-1-7-16-14(13)15(20)17-8-12(9-17)23-11-5-3-10(4-6-11)18(21)22/h1-7,12,19H,8-9H2. The molecule has 3 rings (SSSR count). The summed E-state index contributed by atoms with van der Waals surface area (Å²) in [6.45, 7) is 0.734.